The van der Waals surface area contributed by atoms with Gasteiger partial charge in [0, 0.05) is 31.7 Å². The van der Waals surface area contributed by atoms with Gasteiger partial charge in [-0.1, -0.05) is 6.07 Å². The molecule has 3 aromatic heterocycles. The van der Waals surface area contributed by atoms with Crippen LogP contribution in [0.3, 0.4) is 0 Å². The zero-order valence-corrected chi connectivity index (χ0v) is 15.8. The molecule has 0 saturated carbocycles. The summed E-state index contributed by atoms with van der Waals surface area (Å²) < 4.78 is 7.87. The lowest BCUT2D eigenvalue weighted by Crippen LogP contribution is -2.43. The van der Waals surface area contributed by atoms with Crippen LogP contribution in [0.5, 0.6) is 0 Å². The molecule has 0 spiro atoms. The van der Waals surface area contributed by atoms with Crippen LogP contribution in [-0.2, 0) is 22.6 Å². The van der Waals surface area contributed by atoms with E-state index in [4.69, 9.17) is 4.74 Å². The van der Waals surface area contributed by atoms with E-state index in [1.807, 2.05) is 0 Å². The van der Waals surface area contributed by atoms with Gasteiger partial charge in [0.15, 0.2) is 5.52 Å². The number of amides is 1. The number of aromatic nitrogens is 4. The predicted molar refractivity (Wildman–Crippen MR) is 106 cm³/mol. The highest BCUT2D eigenvalue weighted by molar-refractivity contribution is 5.79. The van der Waals surface area contributed by atoms with Gasteiger partial charge in [-0.2, -0.15) is 0 Å². The van der Waals surface area contributed by atoms with Gasteiger partial charge in [-0.05, 0) is 36.6 Å². The maximum absolute atomic E-state index is 13.1. The summed E-state index contributed by atoms with van der Waals surface area (Å²) in [6.07, 6.45) is 6.59. The maximum Gasteiger partial charge on any atom is 0.332 e. The van der Waals surface area contributed by atoms with Crippen molar-refractivity contribution in [2.75, 3.05) is 13.2 Å². The van der Waals surface area contributed by atoms with Crippen molar-refractivity contribution in [3.8, 4) is 0 Å². The molecule has 1 saturated heterocycles. The highest BCUT2D eigenvalue weighted by atomic mass is 16.5. The fourth-order valence-electron chi connectivity index (χ4n) is 3.44. The quantitative estimate of drug-likeness (QED) is 0.643. The summed E-state index contributed by atoms with van der Waals surface area (Å²) >= 11 is 0. The van der Waals surface area contributed by atoms with Crippen LogP contribution in [0.25, 0.3) is 11.0 Å². The van der Waals surface area contributed by atoms with Crippen LogP contribution in [0.15, 0.2) is 52.4 Å². The Labute approximate surface area is 166 Å². The van der Waals surface area contributed by atoms with Crippen molar-refractivity contribution in [2.45, 2.75) is 32.0 Å². The molecule has 9 nitrogen and oxygen atoms in total. The van der Waals surface area contributed by atoms with Gasteiger partial charge in [-0.3, -0.25) is 23.7 Å². The van der Waals surface area contributed by atoms with Crippen LogP contribution in [-0.4, -0.2) is 44.3 Å². The number of nitrogens with zero attached hydrogens (tertiary/aromatic N) is 4. The second kappa shape index (κ2) is 8.36. The zero-order chi connectivity index (χ0) is 20.2. The summed E-state index contributed by atoms with van der Waals surface area (Å²) in [4.78, 5) is 46.6. The second-order valence-corrected chi connectivity index (χ2v) is 6.93. The Morgan fingerprint density at radius 2 is 2.07 bits per heavy atom. The Morgan fingerprint density at radius 1 is 1.21 bits per heavy atom. The van der Waals surface area contributed by atoms with E-state index in [1.54, 1.807) is 36.7 Å². The summed E-state index contributed by atoms with van der Waals surface area (Å²) in [7, 11) is 0. The smallest absolute Gasteiger partial charge is 0.332 e. The summed E-state index contributed by atoms with van der Waals surface area (Å²) in [5, 5.41) is 2.81. The van der Waals surface area contributed by atoms with Crippen LogP contribution >= 0.6 is 0 Å². The Morgan fingerprint density at radius 3 is 2.83 bits per heavy atom. The molecular formula is C20H21N5O4. The molecular weight excluding hydrogens is 374 g/mol. The van der Waals surface area contributed by atoms with Crippen molar-refractivity contribution in [1.82, 2.24) is 24.4 Å². The summed E-state index contributed by atoms with van der Waals surface area (Å²) in [5.74, 6) is -0.320. The molecule has 1 unspecified atom stereocenters. The molecule has 0 aromatic carbocycles. The first-order chi connectivity index (χ1) is 14.1. The largest absolute Gasteiger partial charge is 0.376 e. The third-order valence-electron chi connectivity index (χ3n) is 4.90. The molecule has 1 N–H and O–H groups in total. The summed E-state index contributed by atoms with van der Waals surface area (Å²) in [5.41, 5.74) is 0.119. The summed E-state index contributed by atoms with van der Waals surface area (Å²) in [6.45, 7) is 0.950. The predicted octanol–water partition coefficient (Wildman–Crippen LogP) is 0.297. The number of fused-ring (bicyclic) bond motifs is 1. The molecule has 9 heteroatoms. The van der Waals surface area contributed by atoms with Gasteiger partial charge in [0.05, 0.1) is 18.2 Å². The topological polar surface area (TPSA) is 108 Å². The van der Waals surface area contributed by atoms with Crippen LogP contribution in [0.2, 0.25) is 0 Å². The molecule has 0 bridgehead atoms. The number of hydrogen-bond donors (Lipinski definition) is 1. The van der Waals surface area contributed by atoms with Gasteiger partial charge in [0.25, 0.3) is 5.56 Å². The van der Waals surface area contributed by atoms with E-state index in [2.05, 4.69) is 15.3 Å². The van der Waals surface area contributed by atoms with Crippen molar-refractivity contribution < 1.29 is 9.53 Å². The maximum atomic E-state index is 13.1. The van der Waals surface area contributed by atoms with Gasteiger partial charge >= 0.3 is 5.69 Å². The molecule has 1 aliphatic heterocycles. The third-order valence-corrected chi connectivity index (χ3v) is 4.90. The van der Waals surface area contributed by atoms with Gasteiger partial charge in [-0.25, -0.2) is 9.78 Å². The Bertz CT molecular complexity index is 1130. The normalized spacial score (nSPS) is 16.2. The first-order valence-electron chi connectivity index (χ1n) is 9.49. The van der Waals surface area contributed by atoms with Crippen molar-refractivity contribution >= 4 is 16.9 Å². The van der Waals surface area contributed by atoms with Gasteiger partial charge in [0.2, 0.25) is 5.91 Å². The number of rotatable bonds is 6. The number of ether oxygens (including phenoxy) is 1. The van der Waals surface area contributed by atoms with E-state index in [9.17, 15) is 14.4 Å². The molecule has 1 fully saturated rings. The second-order valence-electron chi connectivity index (χ2n) is 6.93. The Balaban J connectivity index is 1.67. The zero-order valence-electron chi connectivity index (χ0n) is 15.8. The molecule has 0 radical (unpaired) electrons. The lowest BCUT2D eigenvalue weighted by molar-refractivity contribution is -0.122. The number of carbonyl (C=O) groups excluding carboxylic acids is 1. The van der Waals surface area contributed by atoms with E-state index in [0.717, 1.165) is 17.4 Å². The van der Waals surface area contributed by atoms with E-state index in [0.29, 0.717) is 24.2 Å². The molecule has 1 atom stereocenters. The van der Waals surface area contributed by atoms with Crippen LogP contribution in [0, 0.1) is 0 Å². The molecule has 150 valence electrons. The highest BCUT2D eigenvalue weighted by Crippen LogP contribution is 2.10. The number of carbonyl (C=O) groups is 1. The van der Waals surface area contributed by atoms with E-state index >= 15 is 0 Å². The minimum atomic E-state index is -0.563. The summed E-state index contributed by atoms with van der Waals surface area (Å²) in [6, 6.07) is 6.76. The van der Waals surface area contributed by atoms with Gasteiger partial charge in [0.1, 0.15) is 6.54 Å². The van der Waals surface area contributed by atoms with E-state index in [1.165, 1.54) is 10.8 Å². The van der Waals surface area contributed by atoms with Crippen molar-refractivity contribution in [3.63, 3.8) is 0 Å². The lowest BCUT2D eigenvalue weighted by Gasteiger charge is -2.15. The van der Waals surface area contributed by atoms with Crippen molar-refractivity contribution in [2.24, 2.45) is 0 Å². The van der Waals surface area contributed by atoms with Gasteiger partial charge in [-0.15, -0.1) is 0 Å². The standard InChI is InChI=1S/C20H21N5O4/c26-17(23-11-15-5-3-9-29-15)13-24-16-6-2-8-22-18(16)19(27)25(20(24)28)12-14-4-1-7-21-10-14/h1-2,4,6-8,10,15H,3,5,9,11-13H2,(H,23,26). The van der Waals surface area contributed by atoms with Crippen LogP contribution < -0.4 is 16.6 Å². The first kappa shape index (κ1) is 19.0. The number of nitrogens with one attached hydrogen (secondary N) is 1. The molecule has 1 aliphatic rings. The third kappa shape index (κ3) is 4.09. The average Bonchev–Trinajstić information content (AvgIpc) is 3.27. The minimum Gasteiger partial charge on any atom is -0.376 e. The van der Waals surface area contributed by atoms with Crippen molar-refractivity contribution in [1.29, 1.82) is 0 Å². The van der Waals surface area contributed by atoms with Crippen LogP contribution in [0.1, 0.15) is 18.4 Å². The fourth-order valence-corrected chi connectivity index (χ4v) is 3.44. The Hall–Kier alpha value is -3.33. The number of hydrogen-bond acceptors (Lipinski definition) is 6. The molecule has 4 heterocycles. The monoisotopic (exact) mass is 395 g/mol. The van der Waals surface area contributed by atoms with E-state index in [-0.39, 0.29) is 30.6 Å². The van der Waals surface area contributed by atoms with Gasteiger partial charge < -0.3 is 10.1 Å². The average molecular weight is 395 g/mol. The Kier molecular flexibility index (Phi) is 5.48. The number of pyridine rings is 2. The molecule has 0 aliphatic carbocycles. The molecule has 1 amide bonds. The fraction of sp³-hybridized carbons (Fsp3) is 0.350. The molecule has 29 heavy (non-hydrogen) atoms. The first-order valence-corrected chi connectivity index (χ1v) is 9.49. The SMILES string of the molecule is O=C(Cn1c(=O)n(Cc2cccnc2)c(=O)c2ncccc21)NCC1CCCO1. The molecule has 3 aromatic rings. The van der Waals surface area contributed by atoms with E-state index < -0.39 is 11.2 Å². The molecule has 4 rings (SSSR count). The minimum absolute atomic E-state index is 0.00798. The van der Waals surface area contributed by atoms with Crippen LogP contribution in [0.4, 0.5) is 0 Å². The van der Waals surface area contributed by atoms with Crippen molar-refractivity contribution in [3.05, 3.63) is 69.3 Å². The lowest BCUT2D eigenvalue weighted by atomic mass is 10.2. The highest BCUT2D eigenvalue weighted by Gasteiger charge is 2.19.